The fourth-order valence-corrected chi connectivity index (χ4v) is 1.39. The van der Waals surface area contributed by atoms with Gasteiger partial charge in [0, 0.05) is 31.7 Å². The Kier molecular flexibility index (Phi) is 4.87. The molecule has 94 valence electrons. The molecule has 1 aliphatic rings. The summed E-state index contributed by atoms with van der Waals surface area (Å²) in [6.45, 7) is 4.90. The summed E-state index contributed by atoms with van der Waals surface area (Å²) in [6.07, 6.45) is 3.61. The molecule has 0 aliphatic carbocycles. The van der Waals surface area contributed by atoms with E-state index in [1.807, 2.05) is 0 Å². The monoisotopic (exact) mass is 238 g/mol. The van der Waals surface area contributed by atoms with Crippen molar-refractivity contribution >= 4 is 17.7 Å². The van der Waals surface area contributed by atoms with Gasteiger partial charge in [-0.15, -0.1) is 0 Å². The van der Waals surface area contributed by atoms with Crippen molar-refractivity contribution in [1.82, 2.24) is 10.2 Å². The molecule has 17 heavy (non-hydrogen) atoms. The van der Waals surface area contributed by atoms with E-state index in [9.17, 15) is 14.4 Å². The van der Waals surface area contributed by atoms with Crippen molar-refractivity contribution in [3.63, 3.8) is 0 Å². The second-order valence-electron chi connectivity index (χ2n) is 4.23. The summed E-state index contributed by atoms with van der Waals surface area (Å²) < 4.78 is 0. The van der Waals surface area contributed by atoms with Gasteiger partial charge in [-0.25, -0.2) is 0 Å². The van der Waals surface area contributed by atoms with Crippen LogP contribution in [0.4, 0.5) is 0 Å². The fourth-order valence-electron chi connectivity index (χ4n) is 1.39. The van der Waals surface area contributed by atoms with Gasteiger partial charge < -0.3 is 5.32 Å². The fraction of sp³-hybridized carbons (Fsp3) is 0.583. The summed E-state index contributed by atoms with van der Waals surface area (Å²) >= 11 is 0. The molecule has 0 fully saturated rings. The van der Waals surface area contributed by atoms with Crippen molar-refractivity contribution in [3.8, 4) is 0 Å². The van der Waals surface area contributed by atoms with Crippen LogP contribution in [0.2, 0.25) is 0 Å². The number of imide groups is 1. The zero-order chi connectivity index (χ0) is 12.8. The van der Waals surface area contributed by atoms with Crippen molar-refractivity contribution in [2.24, 2.45) is 5.92 Å². The molecule has 0 aromatic heterocycles. The number of carbonyl (C=O) groups excluding carboxylic acids is 3. The summed E-state index contributed by atoms with van der Waals surface area (Å²) in [5.74, 6) is -0.372. The van der Waals surface area contributed by atoms with Gasteiger partial charge in [0.25, 0.3) is 11.8 Å². The molecule has 0 aromatic carbocycles. The van der Waals surface area contributed by atoms with Crippen molar-refractivity contribution in [1.29, 1.82) is 0 Å². The molecule has 5 heteroatoms. The van der Waals surface area contributed by atoms with E-state index in [4.69, 9.17) is 0 Å². The molecule has 1 N–H and O–H groups in total. The normalized spacial score (nSPS) is 16.5. The lowest BCUT2D eigenvalue weighted by Gasteiger charge is -2.14. The van der Waals surface area contributed by atoms with Gasteiger partial charge in [0.15, 0.2) is 0 Å². The highest BCUT2D eigenvalue weighted by Gasteiger charge is 2.23. The van der Waals surface area contributed by atoms with E-state index in [1.165, 1.54) is 12.2 Å². The van der Waals surface area contributed by atoms with E-state index in [0.29, 0.717) is 12.5 Å². The molecule has 0 saturated carbocycles. The van der Waals surface area contributed by atoms with Crippen molar-refractivity contribution in [2.75, 3.05) is 13.1 Å². The Morgan fingerprint density at radius 3 is 2.47 bits per heavy atom. The van der Waals surface area contributed by atoms with Gasteiger partial charge in [-0.1, -0.05) is 20.3 Å². The third kappa shape index (κ3) is 4.01. The molecule has 0 saturated heterocycles. The highest BCUT2D eigenvalue weighted by Crippen LogP contribution is 2.04. The molecule has 0 bridgehead atoms. The van der Waals surface area contributed by atoms with E-state index < -0.39 is 0 Å². The predicted molar refractivity (Wildman–Crippen MR) is 62.9 cm³/mol. The zero-order valence-corrected chi connectivity index (χ0v) is 10.2. The number of nitrogens with zero attached hydrogens (tertiary/aromatic N) is 1. The van der Waals surface area contributed by atoms with E-state index in [1.54, 1.807) is 0 Å². The standard InChI is InChI=1S/C12H18N2O3/c1-3-9(2)8-13-10(15)6-7-14-11(16)4-5-12(14)17/h4-5,9H,3,6-8H2,1-2H3,(H,13,15). The number of hydrogen-bond acceptors (Lipinski definition) is 3. The maximum Gasteiger partial charge on any atom is 0.253 e. The Balaban J connectivity index is 2.24. The average molecular weight is 238 g/mol. The molecule has 1 aliphatic heterocycles. The Labute approximate surface area is 101 Å². The number of rotatable bonds is 6. The molecule has 0 spiro atoms. The molecule has 1 atom stereocenters. The summed E-state index contributed by atoms with van der Waals surface area (Å²) in [5, 5.41) is 2.78. The van der Waals surface area contributed by atoms with Crippen LogP contribution in [0.5, 0.6) is 0 Å². The summed E-state index contributed by atoms with van der Waals surface area (Å²) in [5.41, 5.74) is 0. The third-order valence-electron chi connectivity index (χ3n) is 2.81. The van der Waals surface area contributed by atoms with Gasteiger partial charge in [0.1, 0.15) is 0 Å². The molecule has 0 radical (unpaired) electrons. The van der Waals surface area contributed by atoms with E-state index in [0.717, 1.165) is 11.3 Å². The molecule has 1 heterocycles. The topological polar surface area (TPSA) is 66.5 Å². The van der Waals surface area contributed by atoms with Crippen LogP contribution < -0.4 is 5.32 Å². The first-order chi connectivity index (χ1) is 8.04. The molecule has 3 amide bonds. The third-order valence-corrected chi connectivity index (χ3v) is 2.81. The SMILES string of the molecule is CCC(C)CNC(=O)CCN1C(=O)C=CC1=O. The maximum absolute atomic E-state index is 11.5. The van der Waals surface area contributed by atoms with Crippen LogP contribution in [-0.4, -0.2) is 35.7 Å². The molecule has 0 aromatic rings. The van der Waals surface area contributed by atoms with Crippen LogP contribution in [0.25, 0.3) is 0 Å². The maximum atomic E-state index is 11.5. The molecular formula is C12H18N2O3. The first kappa shape index (κ1) is 13.4. The van der Waals surface area contributed by atoms with E-state index in [2.05, 4.69) is 19.2 Å². The lowest BCUT2D eigenvalue weighted by molar-refractivity contribution is -0.137. The first-order valence-electron chi connectivity index (χ1n) is 5.84. The average Bonchev–Trinajstić information content (AvgIpc) is 2.63. The van der Waals surface area contributed by atoms with Gasteiger partial charge in [-0.2, -0.15) is 0 Å². The molecule has 5 nitrogen and oxygen atoms in total. The summed E-state index contributed by atoms with van der Waals surface area (Å²) in [4.78, 5) is 34.9. The van der Waals surface area contributed by atoms with Crippen LogP contribution in [-0.2, 0) is 14.4 Å². The van der Waals surface area contributed by atoms with E-state index >= 15 is 0 Å². The smallest absolute Gasteiger partial charge is 0.253 e. The zero-order valence-electron chi connectivity index (χ0n) is 10.2. The quantitative estimate of drug-likeness (QED) is 0.684. The summed E-state index contributed by atoms with van der Waals surface area (Å²) in [7, 11) is 0. The summed E-state index contributed by atoms with van der Waals surface area (Å²) in [6, 6.07) is 0. The second-order valence-corrected chi connectivity index (χ2v) is 4.23. The number of nitrogens with one attached hydrogen (secondary N) is 1. The lowest BCUT2D eigenvalue weighted by atomic mass is 10.1. The van der Waals surface area contributed by atoms with Crippen LogP contribution in [0.3, 0.4) is 0 Å². The Bertz CT molecular complexity index is 332. The van der Waals surface area contributed by atoms with Crippen LogP contribution >= 0.6 is 0 Å². The van der Waals surface area contributed by atoms with Crippen LogP contribution in [0, 0.1) is 5.92 Å². The van der Waals surface area contributed by atoms with Gasteiger partial charge in [0.05, 0.1) is 0 Å². The van der Waals surface area contributed by atoms with Gasteiger partial charge >= 0.3 is 0 Å². The Morgan fingerprint density at radius 1 is 1.35 bits per heavy atom. The van der Waals surface area contributed by atoms with Crippen molar-refractivity contribution < 1.29 is 14.4 Å². The first-order valence-corrected chi connectivity index (χ1v) is 5.84. The predicted octanol–water partition coefficient (Wildman–Crippen LogP) is 0.464. The Morgan fingerprint density at radius 2 is 1.94 bits per heavy atom. The van der Waals surface area contributed by atoms with Crippen LogP contribution in [0.15, 0.2) is 12.2 Å². The van der Waals surface area contributed by atoms with Crippen molar-refractivity contribution in [2.45, 2.75) is 26.7 Å². The second kappa shape index (κ2) is 6.18. The van der Waals surface area contributed by atoms with Gasteiger partial charge in [-0.3, -0.25) is 19.3 Å². The number of hydrogen-bond donors (Lipinski definition) is 1. The number of carbonyl (C=O) groups is 3. The minimum atomic E-state index is -0.343. The van der Waals surface area contributed by atoms with Crippen molar-refractivity contribution in [3.05, 3.63) is 12.2 Å². The highest BCUT2D eigenvalue weighted by atomic mass is 16.2. The van der Waals surface area contributed by atoms with E-state index in [-0.39, 0.29) is 30.7 Å². The Hall–Kier alpha value is -1.65. The van der Waals surface area contributed by atoms with Crippen LogP contribution in [0.1, 0.15) is 26.7 Å². The molecule has 1 unspecified atom stereocenters. The van der Waals surface area contributed by atoms with Gasteiger partial charge in [-0.05, 0) is 5.92 Å². The molecule has 1 rings (SSSR count). The number of amides is 3. The minimum Gasteiger partial charge on any atom is -0.356 e. The lowest BCUT2D eigenvalue weighted by Crippen LogP contribution is -2.35. The van der Waals surface area contributed by atoms with Gasteiger partial charge in [0.2, 0.25) is 5.91 Å². The molecular weight excluding hydrogens is 220 g/mol. The highest BCUT2D eigenvalue weighted by molar-refractivity contribution is 6.13. The minimum absolute atomic E-state index is 0.127. The largest absolute Gasteiger partial charge is 0.356 e.